The Balaban J connectivity index is 2.39. The van der Waals surface area contributed by atoms with Crippen molar-refractivity contribution in [1.82, 2.24) is 0 Å². The molecule has 0 saturated heterocycles. The van der Waals surface area contributed by atoms with Crippen LogP contribution in [0.15, 0.2) is 30.3 Å². The summed E-state index contributed by atoms with van der Waals surface area (Å²) in [6.45, 7) is 5.91. The van der Waals surface area contributed by atoms with E-state index in [1.165, 1.54) is 5.56 Å². The van der Waals surface area contributed by atoms with Crippen molar-refractivity contribution in [1.29, 1.82) is 0 Å². The van der Waals surface area contributed by atoms with Crippen molar-refractivity contribution >= 4 is 0 Å². The SMILES string of the molecule is CC(C)OCCOC(CCN)c1ccccc1. The van der Waals surface area contributed by atoms with E-state index in [1.54, 1.807) is 0 Å². The second-order valence-electron chi connectivity index (χ2n) is 4.27. The lowest BCUT2D eigenvalue weighted by Gasteiger charge is -2.18. The molecular weight excluding hydrogens is 214 g/mol. The van der Waals surface area contributed by atoms with Gasteiger partial charge in [-0.05, 0) is 32.4 Å². The molecule has 0 aliphatic rings. The minimum absolute atomic E-state index is 0.0805. The third-order valence-electron chi connectivity index (χ3n) is 2.45. The highest BCUT2D eigenvalue weighted by atomic mass is 16.5. The van der Waals surface area contributed by atoms with Crippen LogP contribution < -0.4 is 5.73 Å². The maximum absolute atomic E-state index is 5.81. The summed E-state index contributed by atoms with van der Waals surface area (Å²) in [5.41, 5.74) is 6.79. The molecule has 1 aromatic rings. The van der Waals surface area contributed by atoms with Gasteiger partial charge in [-0.15, -0.1) is 0 Å². The molecule has 2 N–H and O–H groups in total. The van der Waals surface area contributed by atoms with E-state index in [0.29, 0.717) is 19.8 Å². The summed E-state index contributed by atoms with van der Waals surface area (Å²) in [4.78, 5) is 0. The fraction of sp³-hybridized carbons (Fsp3) is 0.571. The Hall–Kier alpha value is -0.900. The molecule has 3 heteroatoms. The molecule has 0 aromatic heterocycles. The molecule has 0 aliphatic carbocycles. The van der Waals surface area contributed by atoms with Crippen LogP contribution >= 0.6 is 0 Å². The Morgan fingerprint density at radius 2 is 1.71 bits per heavy atom. The maximum atomic E-state index is 5.81. The first-order valence-corrected chi connectivity index (χ1v) is 6.22. The van der Waals surface area contributed by atoms with Gasteiger partial charge in [0.05, 0.1) is 25.4 Å². The second-order valence-corrected chi connectivity index (χ2v) is 4.27. The average molecular weight is 237 g/mol. The summed E-state index contributed by atoms with van der Waals surface area (Å²) in [6, 6.07) is 10.2. The summed E-state index contributed by atoms with van der Waals surface area (Å²) < 4.78 is 11.3. The van der Waals surface area contributed by atoms with Gasteiger partial charge in [0.2, 0.25) is 0 Å². The van der Waals surface area contributed by atoms with Gasteiger partial charge in [-0.1, -0.05) is 30.3 Å². The van der Waals surface area contributed by atoms with Crippen LogP contribution in [0.4, 0.5) is 0 Å². The van der Waals surface area contributed by atoms with Crippen LogP contribution in [0.3, 0.4) is 0 Å². The van der Waals surface area contributed by atoms with E-state index in [-0.39, 0.29) is 12.2 Å². The summed E-state index contributed by atoms with van der Waals surface area (Å²) in [6.07, 6.45) is 1.17. The molecule has 0 amide bonds. The number of nitrogens with two attached hydrogens (primary N) is 1. The van der Waals surface area contributed by atoms with E-state index in [1.807, 2.05) is 32.0 Å². The van der Waals surface area contributed by atoms with Crippen molar-refractivity contribution in [3.8, 4) is 0 Å². The van der Waals surface area contributed by atoms with E-state index < -0.39 is 0 Å². The lowest BCUT2D eigenvalue weighted by molar-refractivity contribution is -0.0153. The quantitative estimate of drug-likeness (QED) is 0.707. The van der Waals surface area contributed by atoms with Gasteiger partial charge in [0, 0.05) is 0 Å². The van der Waals surface area contributed by atoms with E-state index in [2.05, 4.69) is 12.1 Å². The average Bonchev–Trinajstić information content (AvgIpc) is 2.34. The van der Waals surface area contributed by atoms with Gasteiger partial charge in [0.1, 0.15) is 0 Å². The largest absolute Gasteiger partial charge is 0.376 e. The second kappa shape index (κ2) is 8.23. The molecule has 17 heavy (non-hydrogen) atoms. The number of ether oxygens (including phenoxy) is 2. The molecule has 0 heterocycles. The number of hydrogen-bond donors (Lipinski definition) is 1. The van der Waals surface area contributed by atoms with Crippen LogP contribution in [0, 0.1) is 0 Å². The maximum Gasteiger partial charge on any atom is 0.0838 e. The third kappa shape index (κ3) is 5.82. The normalized spacial score (nSPS) is 12.9. The molecule has 1 rings (SSSR count). The van der Waals surface area contributed by atoms with E-state index in [9.17, 15) is 0 Å². The van der Waals surface area contributed by atoms with Crippen LogP contribution in [-0.2, 0) is 9.47 Å². The van der Waals surface area contributed by atoms with Crippen LogP contribution in [0.2, 0.25) is 0 Å². The van der Waals surface area contributed by atoms with Gasteiger partial charge in [-0.2, -0.15) is 0 Å². The Labute approximate surface area is 104 Å². The number of rotatable bonds is 8. The zero-order valence-corrected chi connectivity index (χ0v) is 10.8. The fourth-order valence-corrected chi connectivity index (χ4v) is 1.64. The van der Waals surface area contributed by atoms with Crippen molar-refractivity contribution in [2.24, 2.45) is 5.73 Å². The van der Waals surface area contributed by atoms with Gasteiger partial charge in [0.15, 0.2) is 0 Å². The smallest absolute Gasteiger partial charge is 0.0838 e. The van der Waals surface area contributed by atoms with Crippen molar-refractivity contribution in [2.75, 3.05) is 19.8 Å². The molecule has 0 fully saturated rings. The highest BCUT2D eigenvalue weighted by Crippen LogP contribution is 2.19. The lowest BCUT2D eigenvalue weighted by atomic mass is 10.1. The predicted octanol–water partition coefficient (Wildman–Crippen LogP) is 2.52. The van der Waals surface area contributed by atoms with Crippen molar-refractivity contribution in [3.63, 3.8) is 0 Å². The molecule has 96 valence electrons. The van der Waals surface area contributed by atoms with Gasteiger partial charge in [-0.25, -0.2) is 0 Å². The zero-order valence-electron chi connectivity index (χ0n) is 10.8. The summed E-state index contributed by atoms with van der Waals surface area (Å²) >= 11 is 0. The Morgan fingerprint density at radius 1 is 1.06 bits per heavy atom. The van der Waals surface area contributed by atoms with Crippen LogP contribution in [0.25, 0.3) is 0 Å². The van der Waals surface area contributed by atoms with Crippen molar-refractivity contribution in [2.45, 2.75) is 32.5 Å². The molecular formula is C14H23NO2. The van der Waals surface area contributed by atoms with Gasteiger partial charge >= 0.3 is 0 Å². The standard InChI is InChI=1S/C14H23NO2/c1-12(2)16-10-11-17-14(8-9-15)13-6-4-3-5-7-13/h3-7,12,14H,8-11,15H2,1-2H3. The first-order chi connectivity index (χ1) is 8.24. The summed E-state index contributed by atoms with van der Waals surface area (Å²) in [5, 5.41) is 0. The minimum Gasteiger partial charge on any atom is -0.376 e. The molecule has 1 aromatic carbocycles. The first kappa shape index (κ1) is 14.2. The lowest BCUT2D eigenvalue weighted by Crippen LogP contribution is -2.15. The highest BCUT2D eigenvalue weighted by Gasteiger charge is 2.10. The van der Waals surface area contributed by atoms with Gasteiger partial charge in [-0.3, -0.25) is 0 Å². The molecule has 1 atom stereocenters. The highest BCUT2D eigenvalue weighted by molar-refractivity contribution is 5.17. The Bertz CT molecular complexity index is 288. The molecule has 0 bridgehead atoms. The molecule has 0 spiro atoms. The number of hydrogen-bond acceptors (Lipinski definition) is 3. The third-order valence-corrected chi connectivity index (χ3v) is 2.45. The Kier molecular flexibility index (Phi) is 6.86. The monoisotopic (exact) mass is 237 g/mol. The first-order valence-electron chi connectivity index (χ1n) is 6.22. The van der Waals surface area contributed by atoms with Gasteiger partial charge < -0.3 is 15.2 Å². The summed E-state index contributed by atoms with van der Waals surface area (Å²) in [5.74, 6) is 0. The minimum atomic E-state index is 0.0805. The van der Waals surface area contributed by atoms with Crippen LogP contribution in [-0.4, -0.2) is 25.9 Å². The van der Waals surface area contributed by atoms with E-state index in [4.69, 9.17) is 15.2 Å². The van der Waals surface area contributed by atoms with Crippen molar-refractivity contribution < 1.29 is 9.47 Å². The van der Waals surface area contributed by atoms with Crippen LogP contribution in [0.5, 0.6) is 0 Å². The molecule has 0 radical (unpaired) electrons. The van der Waals surface area contributed by atoms with Crippen LogP contribution in [0.1, 0.15) is 31.9 Å². The Morgan fingerprint density at radius 3 is 2.29 bits per heavy atom. The summed E-state index contributed by atoms with van der Waals surface area (Å²) in [7, 11) is 0. The molecule has 1 unspecified atom stereocenters. The topological polar surface area (TPSA) is 44.5 Å². The van der Waals surface area contributed by atoms with E-state index >= 15 is 0 Å². The fourth-order valence-electron chi connectivity index (χ4n) is 1.64. The predicted molar refractivity (Wildman–Crippen MR) is 69.9 cm³/mol. The molecule has 0 saturated carbocycles. The van der Waals surface area contributed by atoms with Crippen molar-refractivity contribution in [3.05, 3.63) is 35.9 Å². The molecule has 0 aliphatic heterocycles. The zero-order chi connectivity index (χ0) is 12.5. The van der Waals surface area contributed by atoms with Gasteiger partial charge in [0.25, 0.3) is 0 Å². The number of benzene rings is 1. The van der Waals surface area contributed by atoms with E-state index in [0.717, 1.165) is 6.42 Å². The molecule has 3 nitrogen and oxygen atoms in total.